The number of unbranched alkanes of at least 4 members (excludes halogenated alkanes) is 15. The van der Waals surface area contributed by atoms with Crippen LogP contribution in [0.25, 0.3) is 0 Å². The van der Waals surface area contributed by atoms with Crippen LogP contribution in [-0.2, 0) is 18.4 Å². The van der Waals surface area contributed by atoms with Gasteiger partial charge in [0.1, 0.15) is 13.2 Å². The Morgan fingerprint density at radius 1 is 0.717 bits per heavy atom. The molecule has 3 atom stereocenters. The number of aliphatic hydroxyl groups excluding tert-OH is 1. The first-order chi connectivity index (χ1) is 22.0. The summed E-state index contributed by atoms with van der Waals surface area (Å²) in [6.07, 6.45) is 33.5. The highest BCUT2D eigenvalue weighted by atomic mass is 31.2. The van der Waals surface area contributed by atoms with Gasteiger partial charge < -0.3 is 19.8 Å². The fourth-order valence-corrected chi connectivity index (χ4v) is 5.55. The molecule has 1 amide bonds. The zero-order valence-corrected chi connectivity index (χ0v) is 31.2. The van der Waals surface area contributed by atoms with Crippen LogP contribution in [0.2, 0.25) is 0 Å². The summed E-state index contributed by atoms with van der Waals surface area (Å²) in [6, 6.07) is -0.862. The van der Waals surface area contributed by atoms with Crippen LogP contribution in [0.5, 0.6) is 0 Å². The van der Waals surface area contributed by atoms with Crippen molar-refractivity contribution in [1.29, 1.82) is 0 Å². The minimum atomic E-state index is -4.33. The van der Waals surface area contributed by atoms with E-state index in [2.05, 4.69) is 43.5 Å². The van der Waals surface area contributed by atoms with Crippen LogP contribution in [0.4, 0.5) is 0 Å². The number of allylic oxidation sites excluding steroid dienone is 5. The van der Waals surface area contributed by atoms with Crippen molar-refractivity contribution >= 4 is 13.7 Å². The summed E-state index contributed by atoms with van der Waals surface area (Å²) < 4.78 is 23.4. The van der Waals surface area contributed by atoms with Crippen molar-refractivity contribution in [2.45, 2.75) is 154 Å². The van der Waals surface area contributed by atoms with Gasteiger partial charge in [-0.05, 0) is 57.8 Å². The highest BCUT2D eigenvalue weighted by molar-refractivity contribution is 7.47. The first-order valence-electron chi connectivity index (χ1n) is 18.4. The van der Waals surface area contributed by atoms with Crippen molar-refractivity contribution in [3.05, 3.63) is 36.5 Å². The number of rotatable bonds is 32. The van der Waals surface area contributed by atoms with Crippen molar-refractivity contribution in [1.82, 2.24) is 5.32 Å². The van der Waals surface area contributed by atoms with Crippen LogP contribution in [0.3, 0.4) is 0 Å². The van der Waals surface area contributed by atoms with E-state index in [1.54, 1.807) is 6.08 Å². The van der Waals surface area contributed by atoms with Gasteiger partial charge in [-0.2, -0.15) is 0 Å². The van der Waals surface area contributed by atoms with E-state index in [1.807, 2.05) is 27.2 Å². The molecule has 0 radical (unpaired) electrons. The van der Waals surface area contributed by atoms with Crippen molar-refractivity contribution < 1.29 is 32.9 Å². The van der Waals surface area contributed by atoms with Gasteiger partial charge in [0.2, 0.25) is 5.91 Å². The number of nitrogens with zero attached hydrogens (tertiary/aromatic N) is 1. The molecule has 0 aliphatic carbocycles. The topological polar surface area (TPSA) is 105 Å². The second-order valence-corrected chi connectivity index (χ2v) is 15.0. The number of carbonyl (C=O) groups excluding carboxylic acids is 1. The fourth-order valence-electron chi connectivity index (χ4n) is 4.81. The summed E-state index contributed by atoms with van der Waals surface area (Å²) in [7, 11) is 1.54. The van der Waals surface area contributed by atoms with Crippen LogP contribution in [-0.4, -0.2) is 73.4 Å². The van der Waals surface area contributed by atoms with Gasteiger partial charge in [0.25, 0.3) is 0 Å². The highest BCUT2D eigenvalue weighted by Gasteiger charge is 2.27. The Bertz CT molecular complexity index is 855. The lowest BCUT2D eigenvalue weighted by atomic mass is 10.1. The van der Waals surface area contributed by atoms with Crippen LogP contribution in [0.15, 0.2) is 36.5 Å². The van der Waals surface area contributed by atoms with Gasteiger partial charge in [-0.25, -0.2) is 4.57 Å². The summed E-state index contributed by atoms with van der Waals surface area (Å²) >= 11 is 0. The van der Waals surface area contributed by atoms with Crippen molar-refractivity contribution in [2.75, 3.05) is 40.9 Å². The SMILES string of the molecule is CCCCCC/C=C/CC/C=C/C(O)C(COP(=O)(O)OCC[N+](C)(C)C)NC(=O)CCCCCCC/C=C\CCCCCCC. The van der Waals surface area contributed by atoms with Gasteiger partial charge in [-0.1, -0.05) is 115 Å². The van der Waals surface area contributed by atoms with Crippen LogP contribution >= 0.6 is 7.82 Å². The summed E-state index contributed by atoms with van der Waals surface area (Å²) in [5, 5.41) is 13.7. The molecule has 0 aromatic heterocycles. The van der Waals surface area contributed by atoms with E-state index in [9.17, 15) is 19.4 Å². The molecule has 0 saturated heterocycles. The Morgan fingerprint density at radius 2 is 1.20 bits per heavy atom. The van der Waals surface area contributed by atoms with Gasteiger partial charge in [-0.15, -0.1) is 0 Å². The summed E-state index contributed by atoms with van der Waals surface area (Å²) in [6.45, 7) is 4.70. The number of phosphoric ester groups is 1. The molecule has 0 aliphatic rings. The molecular weight excluding hydrogens is 599 g/mol. The maximum atomic E-state index is 12.7. The van der Waals surface area contributed by atoms with E-state index in [0.29, 0.717) is 17.4 Å². The smallest absolute Gasteiger partial charge is 0.387 e. The van der Waals surface area contributed by atoms with E-state index in [4.69, 9.17) is 9.05 Å². The standard InChI is InChI=1S/C37H71N2O6P/c1-6-8-10-12-14-16-18-19-20-21-23-25-27-29-31-37(41)38-35(34-45-46(42,43)44-33-32-39(3,4)5)36(40)30-28-26-24-22-17-15-13-11-9-7-2/h17-19,22,28,30,35-36,40H,6-16,20-21,23-27,29,31-34H2,1-5H3,(H-,38,41,42,43)/p+1/b19-18-,22-17+,30-28+. The van der Waals surface area contributed by atoms with Gasteiger partial charge in [0.15, 0.2) is 0 Å². The normalized spacial score (nSPS) is 15.2. The molecule has 8 nitrogen and oxygen atoms in total. The van der Waals surface area contributed by atoms with Crippen LogP contribution < -0.4 is 5.32 Å². The molecular formula is C37H72N2O6P+. The lowest BCUT2D eigenvalue weighted by Gasteiger charge is -2.25. The molecule has 0 aliphatic heterocycles. The number of amides is 1. The van der Waals surface area contributed by atoms with E-state index in [0.717, 1.165) is 51.4 Å². The maximum absolute atomic E-state index is 12.7. The third-order valence-electron chi connectivity index (χ3n) is 7.83. The predicted octanol–water partition coefficient (Wildman–Crippen LogP) is 9.18. The van der Waals surface area contributed by atoms with Crippen molar-refractivity contribution in [2.24, 2.45) is 0 Å². The molecule has 0 rings (SSSR count). The summed E-state index contributed by atoms with van der Waals surface area (Å²) in [5.41, 5.74) is 0. The van der Waals surface area contributed by atoms with Crippen molar-refractivity contribution in [3.63, 3.8) is 0 Å². The fraction of sp³-hybridized carbons (Fsp3) is 0.811. The first kappa shape index (κ1) is 44.7. The molecule has 0 bridgehead atoms. The number of phosphoric acid groups is 1. The van der Waals surface area contributed by atoms with Gasteiger partial charge >= 0.3 is 7.82 Å². The minimum absolute atomic E-state index is 0.0539. The minimum Gasteiger partial charge on any atom is -0.387 e. The molecule has 46 heavy (non-hydrogen) atoms. The third kappa shape index (κ3) is 31.3. The number of hydrogen-bond donors (Lipinski definition) is 3. The average Bonchev–Trinajstić information content (AvgIpc) is 2.99. The first-order valence-corrected chi connectivity index (χ1v) is 19.9. The van der Waals surface area contributed by atoms with Gasteiger partial charge in [0.05, 0.1) is 39.9 Å². The summed E-state index contributed by atoms with van der Waals surface area (Å²) in [4.78, 5) is 22.9. The number of nitrogens with one attached hydrogen (secondary N) is 1. The third-order valence-corrected chi connectivity index (χ3v) is 8.82. The molecule has 0 aromatic carbocycles. The number of quaternary nitrogens is 1. The van der Waals surface area contributed by atoms with Crippen LogP contribution in [0, 0.1) is 0 Å². The molecule has 0 aromatic rings. The Morgan fingerprint density at radius 3 is 1.76 bits per heavy atom. The lowest BCUT2D eigenvalue weighted by Crippen LogP contribution is -2.45. The zero-order chi connectivity index (χ0) is 34.4. The quantitative estimate of drug-likeness (QED) is 0.0285. The number of hydrogen-bond acceptors (Lipinski definition) is 5. The monoisotopic (exact) mass is 672 g/mol. The summed E-state index contributed by atoms with van der Waals surface area (Å²) in [5.74, 6) is -0.201. The van der Waals surface area contributed by atoms with Gasteiger partial charge in [-0.3, -0.25) is 13.8 Å². The molecule has 0 spiro atoms. The average molecular weight is 672 g/mol. The van der Waals surface area contributed by atoms with Crippen LogP contribution in [0.1, 0.15) is 142 Å². The molecule has 9 heteroatoms. The second kappa shape index (κ2) is 29.8. The van der Waals surface area contributed by atoms with E-state index in [-0.39, 0.29) is 19.1 Å². The number of carbonyl (C=O) groups is 1. The van der Waals surface area contributed by atoms with Crippen molar-refractivity contribution in [3.8, 4) is 0 Å². The Labute approximate surface area is 283 Å². The molecule has 0 saturated carbocycles. The maximum Gasteiger partial charge on any atom is 0.472 e. The largest absolute Gasteiger partial charge is 0.472 e. The number of likely N-dealkylation sites (N-methyl/N-ethyl adjacent to an activating group) is 1. The molecule has 3 unspecified atom stereocenters. The Kier molecular flexibility index (Phi) is 29.0. The van der Waals surface area contributed by atoms with E-state index in [1.165, 1.54) is 70.6 Å². The van der Waals surface area contributed by atoms with E-state index < -0.39 is 20.0 Å². The highest BCUT2D eigenvalue weighted by Crippen LogP contribution is 2.43. The Balaban J connectivity index is 4.60. The molecule has 3 N–H and O–H groups in total. The predicted molar refractivity (Wildman–Crippen MR) is 194 cm³/mol. The molecule has 270 valence electrons. The van der Waals surface area contributed by atoms with E-state index >= 15 is 0 Å². The zero-order valence-electron chi connectivity index (χ0n) is 30.3. The second-order valence-electron chi connectivity index (χ2n) is 13.6. The number of aliphatic hydroxyl groups is 1. The molecule has 0 fully saturated rings. The van der Waals surface area contributed by atoms with Gasteiger partial charge in [0, 0.05) is 6.42 Å². The Hall–Kier alpha value is -1.28. The molecule has 0 heterocycles. The lowest BCUT2D eigenvalue weighted by molar-refractivity contribution is -0.870.